The van der Waals surface area contributed by atoms with E-state index in [1.165, 1.54) is 25.7 Å². The highest BCUT2D eigenvalue weighted by Gasteiger charge is 2.24. The molecule has 1 unspecified atom stereocenters. The average Bonchev–Trinajstić information content (AvgIpc) is 2.86. The Morgan fingerprint density at radius 1 is 1.33 bits per heavy atom. The van der Waals surface area contributed by atoms with Gasteiger partial charge in [-0.25, -0.2) is 0 Å². The number of likely N-dealkylation sites (tertiary alicyclic amines) is 1. The Labute approximate surface area is 92.2 Å². The lowest BCUT2D eigenvalue weighted by atomic mass is 10.1. The summed E-state index contributed by atoms with van der Waals surface area (Å²) in [5.41, 5.74) is 0. The Balaban J connectivity index is 1.66. The van der Waals surface area contributed by atoms with Crippen molar-refractivity contribution in [1.82, 2.24) is 10.2 Å². The van der Waals surface area contributed by atoms with Gasteiger partial charge in [-0.15, -0.1) is 0 Å². The van der Waals surface area contributed by atoms with Gasteiger partial charge >= 0.3 is 0 Å². The predicted octanol–water partition coefficient (Wildman–Crippen LogP) is 1.39. The molecule has 1 aliphatic carbocycles. The lowest BCUT2D eigenvalue weighted by molar-refractivity contribution is -0.127. The summed E-state index contributed by atoms with van der Waals surface area (Å²) in [6.45, 7) is 4.69. The van der Waals surface area contributed by atoms with Crippen molar-refractivity contribution in [3.05, 3.63) is 0 Å². The van der Waals surface area contributed by atoms with Gasteiger partial charge in [0.1, 0.15) is 0 Å². The topological polar surface area (TPSA) is 32.3 Å². The number of carbonyl (C=O) groups excluding carboxylic acids is 1. The van der Waals surface area contributed by atoms with Crippen LogP contribution >= 0.6 is 0 Å². The summed E-state index contributed by atoms with van der Waals surface area (Å²) < 4.78 is 0. The van der Waals surface area contributed by atoms with E-state index in [-0.39, 0.29) is 5.91 Å². The van der Waals surface area contributed by atoms with Gasteiger partial charge in [0.05, 0.1) is 0 Å². The Morgan fingerprint density at radius 3 is 2.67 bits per heavy atom. The summed E-state index contributed by atoms with van der Waals surface area (Å²) in [6.07, 6.45) is 6.76. The molecule has 86 valence electrons. The van der Waals surface area contributed by atoms with Gasteiger partial charge in [-0.2, -0.15) is 0 Å². The first kappa shape index (κ1) is 10.9. The molecule has 1 aliphatic heterocycles. The number of hydrogen-bond donors (Lipinski definition) is 1. The molecular weight excluding hydrogens is 188 g/mol. The van der Waals surface area contributed by atoms with Crippen molar-refractivity contribution >= 4 is 5.91 Å². The van der Waals surface area contributed by atoms with E-state index in [4.69, 9.17) is 0 Å². The maximum absolute atomic E-state index is 11.2. The van der Waals surface area contributed by atoms with Gasteiger partial charge in [0.15, 0.2) is 0 Å². The van der Waals surface area contributed by atoms with Crippen LogP contribution in [-0.4, -0.2) is 36.5 Å². The summed E-state index contributed by atoms with van der Waals surface area (Å²) in [5.74, 6) is 1.12. The molecule has 15 heavy (non-hydrogen) atoms. The highest BCUT2D eigenvalue weighted by atomic mass is 16.2. The summed E-state index contributed by atoms with van der Waals surface area (Å²) in [5, 5.41) is 3.61. The van der Waals surface area contributed by atoms with Crippen molar-refractivity contribution in [2.24, 2.45) is 5.92 Å². The van der Waals surface area contributed by atoms with E-state index in [1.807, 2.05) is 4.90 Å². The second-order valence-electron chi connectivity index (χ2n) is 5.01. The van der Waals surface area contributed by atoms with Crippen molar-refractivity contribution in [3.63, 3.8) is 0 Å². The van der Waals surface area contributed by atoms with E-state index >= 15 is 0 Å². The van der Waals surface area contributed by atoms with Gasteiger partial charge in [-0.1, -0.05) is 12.8 Å². The molecule has 0 aromatic heterocycles. The molecule has 1 saturated heterocycles. The summed E-state index contributed by atoms with van der Waals surface area (Å²) in [4.78, 5) is 13.1. The zero-order valence-electron chi connectivity index (χ0n) is 9.67. The number of nitrogens with zero attached hydrogens (tertiary/aromatic N) is 1. The molecule has 0 aromatic carbocycles. The van der Waals surface area contributed by atoms with Crippen molar-refractivity contribution in [3.8, 4) is 0 Å². The molecule has 1 amide bonds. The number of amides is 1. The van der Waals surface area contributed by atoms with Crippen LogP contribution in [0.2, 0.25) is 0 Å². The first-order valence-electron chi connectivity index (χ1n) is 6.24. The molecule has 3 nitrogen and oxygen atoms in total. The summed E-state index contributed by atoms with van der Waals surface area (Å²) >= 11 is 0. The van der Waals surface area contributed by atoms with Gasteiger partial charge in [0.25, 0.3) is 0 Å². The fourth-order valence-corrected chi connectivity index (χ4v) is 2.76. The normalized spacial score (nSPS) is 27.5. The molecule has 3 heteroatoms. The van der Waals surface area contributed by atoms with E-state index in [0.717, 1.165) is 32.0 Å². The second-order valence-corrected chi connectivity index (χ2v) is 5.01. The minimum absolute atomic E-state index is 0.222. The quantitative estimate of drug-likeness (QED) is 0.763. The van der Waals surface area contributed by atoms with Gasteiger partial charge in [-0.05, 0) is 31.7 Å². The minimum Gasteiger partial charge on any atom is -0.341 e. The van der Waals surface area contributed by atoms with Crippen molar-refractivity contribution in [1.29, 1.82) is 0 Å². The smallest absolute Gasteiger partial charge is 0.219 e. The van der Waals surface area contributed by atoms with E-state index in [1.54, 1.807) is 6.92 Å². The number of carbonyl (C=O) groups is 1. The lowest BCUT2D eigenvalue weighted by Crippen LogP contribution is -2.36. The van der Waals surface area contributed by atoms with Gasteiger partial charge in [0.2, 0.25) is 5.91 Å². The standard InChI is InChI=1S/C12H22N2O/c1-10(15)14-7-6-12(9-14)13-8-11-4-2-3-5-11/h11-13H,2-9H2,1H3. The van der Waals surface area contributed by atoms with Crippen LogP contribution in [0.3, 0.4) is 0 Å². The Kier molecular flexibility index (Phi) is 3.62. The highest BCUT2D eigenvalue weighted by Crippen LogP contribution is 2.24. The van der Waals surface area contributed by atoms with Crippen molar-refractivity contribution < 1.29 is 4.79 Å². The zero-order valence-corrected chi connectivity index (χ0v) is 9.67. The fourth-order valence-electron chi connectivity index (χ4n) is 2.76. The predicted molar refractivity (Wildman–Crippen MR) is 60.6 cm³/mol. The average molecular weight is 210 g/mol. The van der Waals surface area contributed by atoms with Crippen LogP contribution in [0.5, 0.6) is 0 Å². The third kappa shape index (κ3) is 2.94. The number of hydrogen-bond acceptors (Lipinski definition) is 2. The van der Waals surface area contributed by atoms with Crippen LogP contribution in [0, 0.1) is 5.92 Å². The van der Waals surface area contributed by atoms with Crippen LogP contribution in [0.4, 0.5) is 0 Å². The second kappa shape index (κ2) is 4.97. The zero-order chi connectivity index (χ0) is 10.7. The molecule has 0 aromatic rings. The maximum Gasteiger partial charge on any atom is 0.219 e. The van der Waals surface area contributed by atoms with Crippen LogP contribution in [0.1, 0.15) is 39.0 Å². The first-order valence-corrected chi connectivity index (χ1v) is 6.24. The van der Waals surface area contributed by atoms with E-state index in [2.05, 4.69) is 5.32 Å². The van der Waals surface area contributed by atoms with Crippen molar-refractivity contribution in [2.75, 3.05) is 19.6 Å². The molecule has 2 aliphatic rings. The largest absolute Gasteiger partial charge is 0.341 e. The molecule has 1 heterocycles. The van der Waals surface area contributed by atoms with Gasteiger partial charge in [-0.3, -0.25) is 4.79 Å². The first-order chi connectivity index (χ1) is 7.25. The third-order valence-corrected chi connectivity index (χ3v) is 3.80. The molecule has 1 atom stereocenters. The molecule has 1 saturated carbocycles. The molecular formula is C12H22N2O. The lowest BCUT2D eigenvalue weighted by Gasteiger charge is -2.17. The van der Waals surface area contributed by atoms with Crippen LogP contribution in [0.25, 0.3) is 0 Å². The van der Waals surface area contributed by atoms with E-state index in [9.17, 15) is 4.79 Å². The SMILES string of the molecule is CC(=O)N1CCC(NCC2CCCC2)C1. The number of nitrogens with one attached hydrogen (secondary N) is 1. The minimum atomic E-state index is 0.222. The molecule has 1 N–H and O–H groups in total. The fraction of sp³-hybridized carbons (Fsp3) is 0.917. The summed E-state index contributed by atoms with van der Waals surface area (Å²) in [6, 6.07) is 0.550. The highest BCUT2D eigenvalue weighted by molar-refractivity contribution is 5.73. The van der Waals surface area contributed by atoms with Crippen LogP contribution < -0.4 is 5.32 Å². The van der Waals surface area contributed by atoms with Crippen LogP contribution in [0.15, 0.2) is 0 Å². The summed E-state index contributed by atoms with van der Waals surface area (Å²) in [7, 11) is 0. The van der Waals surface area contributed by atoms with Gasteiger partial charge < -0.3 is 10.2 Å². The Hall–Kier alpha value is -0.570. The Morgan fingerprint density at radius 2 is 2.07 bits per heavy atom. The number of rotatable bonds is 3. The molecule has 0 spiro atoms. The molecule has 0 bridgehead atoms. The molecule has 2 fully saturated rings. The van der Waals surface area contributed by atoms with Gasteiger partial charge in [0, 0.05) is 26.1 Å². The van der Waals surface area contributed by atoms with E-state index in [0.29, 0.717) is 6.04 Å². The molecule has 0 radical (unpaired) electrons. The monoisotopic (exact) mass is 210 g/mol. The molecule has 2 rings (SSSR count). The van der Waals surface area contributed by atoms with Crippen molar-refractivity contribution in [2.45, 2.75) is 45.1 Å². The third-order valence-electron chi connectivity index (χ3n) is 3.80. The Bertz CT molecular complexity index is 224. The van der Waals surface area contributed by atoms with Crippen LogP contribution in [-0.2, 0) is 4.79 Å². The van der Waals surface area contributed by atoms with E-state index < -0.39 is 0 Å². The maximum atomic E-state index is 11.2.